The molecule has 10 heteroatoms. The summed E-state index contributed by atoms with van der Waals surface area (Å²) in [4.78, 5) is 0.0375. The molecule has 0 saturated carbocycles. The largest absolute Gasteiger partial charge is 0.493 e. The average Bonchev–Trinajstić information content (AvgIpc) is 3.09. The van der Waals surface area contributed by atoms with Crippen molar-refractivity contribution in [2.45, 2.75) is 9.10 Å². The third-order valence-corrected chi connectivity index (χ3v) is 7.71. The van der Waals surface area contributed by atoms with Crippen molar-refractivity contribution in [3.8, 4) is 11.5 Å². The maximum absolute atomic E-state index is 12.3. The zero-order chi connectivity index (χ0) is 17.8. The Balaban J connectivity index is 2.09. The van der Waals surface area contributed by atoms with Gasteiger partial charge in [0.05, 0.1) is 24.9 Å². The molecule has 1 aromatic heterocycles. The van der Waals surface area contributed by atoms with Crippen LogP contribution in [0.2, 0.25) is 0 Å². The number of rotatable bonds is 8. The summed E-state index contributed by atoms with van der Waals surface area (Å²) in [5.41, 5.74) is 0. The van der Waals surface area contributed by atoms with Crippen LogP contribution in [0, 0.1) is 0 Å². The van der Waals surface area contributed by atoms with E-state index in [9.17, 15) is 16.8 Å². The van der Waals surface area contributed by atoms with E-state index in [2.05, 4.69) is 4.72 Å². The number of sulfonamides is 1. The molecule has 132 valence electrons. The summed E-state index contributed by atoms with van der Waals surface area (Å²) in [7, 11) is -4.50. The summed E-state index contributed by atoms with van der Waals surface area (Å²) in [5, 5.41) is 1.63. The lowest BCUT2D eigenvalue weighted by Crippen LogP contribution is -2.28. The standard InChI is InChI=1S/C14H17NO6S3/c1-20-12-6-5-11(10-13(12)21-2)23(16,17)9-7-15-24(18,19)14-4-3-8-22-14/h3-6,8,10,15H,7,9H2,1-2H3. The Hall–Kier alpha value is -1.62. The highest BCUT2D eigenvalue weighted by atomic mass is 32.2. The van der Waals surface area contributed by atoms with Crippen LogP contribution in [0.1, 0.15) is 0 Å². The molecule has 24 heavy (non-hydrogen) atoms. The molecule has 0 fully saturated rings. The molecule has 1 aromatic carbocycles. The van der Waals surface area contributed by atoms with E-state index in [1.165, 1.54) is 38.5 Å². The summed E-state index contributed by atoms with van der Waals surface area (Å²) in [6.45, 7) is -0.225. The van der Waals surface area contributed by atoms with Gasteiger partial charge in [-0.2, -0.15) is 0 Å². The van der Waals surface area contributed by atoms with Gasteiger partial charge in [-0.25, -0.2) is 21.6 Å². The second-order valence-electron chi connectivity index (χ2n) is 4.67. The quantitative estimate of drug-likeness (QED) is 0.732. The zero-order valence-corrected chi connectivity index (χ0v) is 15.5. The molecule has 0 unspecified atom stereocenters. The highest BCUT2D eigenvalue weighted by Crippen LogP contribution is 2.29. The second-order valence-corrected chi connectivity index (χ2v) is 9.72. The molecular formula is C14H17NO6S3. The first-order valence-electron chi connectivity index (χ1n) is 6.78. The number of benzene rings is 1. The van der Waals surface area contributed by atoms with Gasteiger partial charge in [-0.3, -0.25) is 0 Å². The molecule has 0 atom stereocenters. The molecule has 2 aromatic rings. The van der Waals surface area contributed by atoms with Gasteiger partial charge in [0.2, 0.25) is 10.0 Å². The minimum absolute atomic E-state index is 0.0375. The van der Waals surface area contributed by atoms with Crippen molar-refractivity contribution in [2.75, 3.05) is 26.5 Å². The van der Waals surface area contributed by atoms with Crippen LogP contribution < -0.4 is 14.2 Å². The van der Waals surface area contributed by atoms with Crippen LogP contribution in [0.25, 0.3) is 0 Å². The molecule has 0 amide bonds. The lowest BCUT2D eigenvalue weighted by Gasteiger charge is -2.10. The number of sulfone groups is 1. The monoisotopic (exact) mass is 391 g/mol. The lowest BCUT2D eigenvalue weighted by molar-refractivity contribution is 0.354. The van der Waals surface area contributed by atoms with Crippen molar-refractivity contribution >= 4 is 31.2 Å². The Bertz CT molecular complexity index is 889. The summed E-state index contributed by atoms with van der Waals surface area (Å²) >= 11 is 1.06. The Morgan fingerprint density at radius 3 is 2.33 bits per heavy atom. The van der Waals surface area contributed by atoms with Crippen LogP contribution in [-0.2, 0) is 19.9 Å². The minimum atomic E-state index is -3.69. The Morgan fingerprint density at radius 2 is 1.75 bits per heavy atom. The number of hydrogen-bond donors (Lipinski definition) is 1. The number of hydrogen-bond acceptors (Lipinski definition) is 7. The van der Waals surface area contributed by atoms with Crippen molar-refractivity contribution in [1.82, 2.24) is 4.72 Å². The van der Waals surface area contributed by atoms with Gasteiger partial charge in [-0.05, 0) is 23.6 Å². The fourth-order valence-electron chi connectivity index (χ4n) is 1.93. The molecule has 0 aliphatic rings. The zero-order valence-electron chi connectivity index (χ0n) is 13.1. The Labute approximate surface area is 145 Å². The molecule has 0 radical (unpaired) electrons. The van der Waals surface area contributed by atoms with Crippen LogP contribution in [0.4, 0.5) is 0 Å². The smallest absolute Gasteiger partial charge is 0.250 e. The van der Waals surface area contributed by atoms with E-state index in [0.717, 1.165) is 11.3 Å². The SMILES string of the molecule is COc1ccc(S(=O)(=O)CCNS(=O)(=O)c2cccs2)cc1OC. The van der Waals surface area contributed by atoms with Crippen molar-refractivity contribution in [3.05, 3.63) is 35.7 Å². The van der Waals surface area contributed by atoms with Crippen molar-refractivity contribution in [2.24, 2.45) is 0 Å². The molecule has 0 aliphatic carbocycles. The number of methoxy groups -OCH3 is 2. The van der Waals surface area contributed by atoms with Crippen LogP contribution in [0.3, 0.4) is 0 Å². The highest BCUT2D eigenvalue weighted by molar-refractivity contribution is 7.92. The van der Waals surface area contributed by atoms with Gasteiger partial charge in [0, 0.05) is 12.6 Å². The van der Waals surface area contributed by atoms with Gasteiger partial charge >= 0.3 is 0 Å². The Kier molecular flexibility index (Phi) is 5.86. The van der Waals surface area contributed by atoms with Gasteiger partial charge < -0.3 is 9.47 Å². The topological polar surface area (TPSA) is 98.8 Å². The van der Waals surface area contributed by atoms with E-state index in [-0.39, 0.29) is 27.2 Å². The average molecular weight is 391 g/mol. The molecule has 0 spiro atoms. The molecule has 2 rings (SSSR count). The summed E-state index contributed by atoms with van der Waals surface area (Å²) in [5.74, 6) is 0.334. The van der Waals surface area contributed by atoms with E-state index in [4.69, 9.17) is 9.47 Å². The second kappa shape index (κ2) is 7.51. The van der Waals surface area contributed by atoms with Crippen LogP contribution in [0.15, 0.2) is 44.8 Å². The maximum Gasteiger partial charge on any atom is 0.250 e. The molecule has 0 saturated heterocycles. The fraction of sp³-hybridized carbons (Fsp3) is 0.286. The van der Waals surface area contributed by atoms with E-state index in [1.807, 2.05) is 0 Å². The third-order valence-electron chi connectivity index (χ3n) is 3.14. The summed E-state index contributed by atoms with van der Waals surface area (Å²) < 4.78 is 61.2. The Morgan fingerprint density at radius 1 is 1.04 bits per heavy atom. The minimum Gasteiger partial charge on any atom is -0.493 e. The van der Waals surface area contributed by atoms with Gasteiger partial charge in [0.25, 0.3) is 0 Å². The maximum atomic E-state index is 12.3. The lowest BCUT2D eigenvalue weighted by atomic mass is 10.3. The molecule has 1 N–H and O–H groups in total. The van der Waals surface area contributed by atoms with Crippen molar-refractivity contribution < 1.29 is 26.3 Å². The van der Waals surface area contributed by atoms with E-state index >= 15 is 0 Å². The molecule has 0 aliphatic heterocycles. The predicted molar refractivity (Wildman–Crippen MR) is 91.1 cm³/mol. The first-order valence-corrected chi connectivity index (χ1v) is 10.8. The number of thiophene rings is 1. The third kappa shape index (κ3) is 4.26. The normalized spacial score (nSPS) is 12.1. The van der Waals surface area contributed by atoms with Gasteiger partial charge in [-0.1, -0.05) is 6.07 Å². The van der Waals surface area contributed by atoms with Gasteiger partial charge in [0.1, 0.15) is 4.21 Å². The number of nitrogens with one attached hydrogen (secondary N) is 1. The fourth-order valence-corrected chi connectivity index (χ4v) is 5.29. The number of ether oxygens (including phenoxy) is 2. The first kappa shape index (κ1) is 18.7. The first-order chi connectivity index (χ1) is 11.3. The van der Waals surface area contributed by atoms with Crippen molar-refractivity contribution in [1.29, 1.82) is 0 Å². The van der Waals surface area contributed by atoms with E-state index in [1.54, 1.807) is 11.4 Å². The molecule has 7 nitrogen and oxygen atoms in total. The molecule has 0 bridgehead atoms. The van der Waals surface area contributed by atoms with Crippen molar-refractivity contribution in [3.63, 3.8) is 0 Å². The van der Waals surface area contributed by atoms with Crippen LogP contribution in [-0.4, -0.2) is 43.4 Å². The molecule has 1 heterocycles. The van der Waals surface area contributed by atoms with Gasteiger partial charge in [0.15, 0.2) is 21.3 Å². The van der Waals surface area contributed by atoms with Crippen LogP contribution >= 0.6 is 11.3 Å². The van der Waals surface area contributed by atoms with E-state index < -0.39 is 19.9 Å². The van der Waals surface area contributed by atoms with E-state index in [0.29, 0.717) is 5.75 Å². The van der Waals surface area contributed by atoms with Crippen LogP contribution in [0.5, 0.6) is 11.5 Å². The predicted octanol–water partition coefficient (Wildman–Crippen LogP) is 1.52. The highest BCUT2D eigenvalue weighted by Gasteiger charge is 2.20. The molecular weight excluding hydrogens is 374 g/mol. The van der Waals surface area contributed by atoms with Gasteiger partial charge in [-0.15, -0.1) is 11.3 Å². The summed E-state index contributed by atoms with van der Waals surface area (Å²) in [6.07, 6.45) is 0. The summed E-state index contributed by atoms with van der Waals surface area (Å²) in [6, 6.07) is 7.30.